The van der Waals surface area contributed by atoms with Crippen molar-refractivity contribution in [3.8, 4) is 0 Å². The number of hydrogen-bond donors (Lipinski definition) is 2. The maximum atomic E-state index is 12.1. The van der Waals surface area contributed by atoms with E-state index in [1.165, 1.54) is 44.1 Å². The molecule has 1 amide bonds. The average Bonchev–Trinajstić information content (AvgIpc) is 2.81. The fraction of sp³-hybridized carbons (Fsp3) is 0.700. The first-order valence-electron chi connectivity index (χ1n) is 13.9. The highest BCUT2D eigenvalue weighted by Crippen LogP contribution is 2.11. The molecule has 0 bridgehead atoms. The fourth-order valence-corrected chi connectivity index (χ4v) is 4.35. The third-order valence-corrected chi connectivity index (χ3v) is 6.46. The van der Waals surface area contributed by atoms with Crippen LogP contribution < -0.4 is 5.32 Å². The van der Waals surface area contributed by atoms with Gasteiger partial charge in [-0.25, -0.2) is 0 Å². The summed E-state index contributed by atoms with van der Waals surface area (Å²) < 4.78 is 0.939. The minimum Gasteiger partial charge on any atom is -0.393 e. The molecule has 0 aliphatic rings. The molecule has 1 rings (SSSR count). The molecule has 194 valence electrons. The number of allylic oxidation sites excluding steroid dienone is 1. The summed E-state index contributed by atoms with van der Waals surface area (Å²) in [5, 5.41) is 13.1. The minimum atomic E-state index is -0.168. The van der Waals surface area contributed by atoms with E-state index in [-0.39, 0.29) is 12.0 Å². The molecule has 0 heterocycles. The molecule has 1 atom stereocenters. The SMILES string of the molecule is CCCCCCC(O)C/C=C/CCCCCCCC(=O)NCCC[N+](C)(C)Cc1ccccc1. The number of amides is 1. The molecule has 1 aromatic carbocycles. The number of hydrogen-bond acceptors (Lipinski definition) is 2. The highest BCUT2D eigenvalue weighted by atomic mass is 16.3. The summed E-state index contributed by atoms with van der Waals surface area (Å²) in [5.74, 6) is 0.199. The Labute approximate surface area is 210 Å². The van der Waals surface area contributed by atoms with Gasteiger partial charge in [0.1, 0.15) is 6.54 Å². The fourth-order valence-electron chi connectivity index (χ4n) is 4.35. The van der Waals surface area contributed by atoms with Gasteiger partial charge < -0.3 is 14.9 Å². The highest BCUT2D eigenvalue weighted by molar-refractivity contribution is 5.75. The highest BCUT2D eigenvalue weighted by Gasteiger charge is 2.15. The van der Waals surface area contributed by atoms with Crippen LogP contribution in [0.25, 0.3) is 0 Å². The van der Waals surface area contributed by atoms with Crippen molar-refractivity contribution in [1.29, 1.82) is 0 Å². The van der Waals surface area contributed by atoms with Crippen LogP contribution in [-0.4, -0.2) is 48.8 Å². The van der Waals surface area contributed by atoms with Crippen LogP contribution in [0.4, 0.5) is 0 Å². The number of quaternary nitrogens is 1. The third kappa shape index (κ3) is 17.8. The lowest BCUT2D eigenvalue weighted by Crippen LogP contribution is -2.41. The second-order valence-corrected chi connectivity index (χ2v) is 10.5. The number of aliphatic hydroxyl groups excluding tert-OH is 1. The van der Waals surface area contributed by atoms with E-state index in [1.54, 1.807) is 0 Å². The molecule has 0 aromatic heterocycles. The predicted molar refractivity (Wildman–Crippen MR) is 146 cm³/mol. The van der Waals surface area contributed by atoms with Gasteiger partial charge in [0.15, 0.2) is 0 Å². The molecule has 0 fully saturated rings. The van der Waals surface area contributed by atoms with Crippen LogP contribution in [0, 0.1) is 0 Å². The van der Waals surface area contributed by atoms with Crippen molar-refractivity contribution < 1.29 is 14.4 Å². The first-order valence-corrected chi connectivity index (χ1v) is 13.9. The van der Waals surface area contributed by atoms with Gasteiger partial charge in [0.05, 0.1) is 26.7 Å². The van der Waals surface area contributed by atoms with E-state index in [0.717, 1.165) is 69.1 Å². The largest absolute Gasteiger partial charge is 0.393 e. The first kappa shape index (κ1) is 30.4. The van der Waals surface area contributed by atoms with E-state index < -0.39 is 0 Å². The number of unbranched alkanes of at least 4 members (excludes halogenated alkanes) is 8. The predicted octanol–water partition coefficient (Wildman–Crippen LogP) is 6.78. The quantitative estimate of drug-likeness (QED) is 0.117. The summed E-state index contributed by atoms with van der Waals surface area (Å²) in [4.78, 5) is 12.1. The smallest absolute Gasteiger partial charge is 0.219 e. The first-order chi connectivity index (χ1) is 16.4. The van der Waals surface area contributed by atoms with Gasteiger partial charge in [0, 0.05) is 24.9 Å². The van der Waals surface area contributed by atoms with Gasteiger partial charge in [-0.15, -0.1) is 0 Å². The molecule has 0 aliphatic carbocycles. The molecular weight excluding hydrogens is 420 g/mol. The van der Waals surface area contributed by atoms with Crippen LogP contribution in [0.3, 0.4) is 0 Å². The van der Waals surface area contributed by atoms with E-state index in [4.69, 9.17) is 0 Å². The van der Waals surface area contributed by atoms with Crippen LogP contribution in [0.5, 0.6) is 0 Å². The van der Waals surface area contributed by atoms with Gasteiger partial charge in [-0.05, 0) is 32.1 Å². The van der Waals surface area contributed by atoms with E-state index in [0.29, 0.717) is 6.42 Å². The summed E-state index contributed by atoms with van der Waals surface area (Å²) in [6, 6.07) is 10.6. The zero-order valence-electron chi connectivity index (χ0n) is 22.4. The minimum absolute atomic E-state index is 0.168. The normalized spacial score (nSPS) is 12.8. The van der Waals surface area contributed by atoms with Crippen molar-refractivity contribution in [2.75, 3.05) is 27.2 Å². The Bertz CT molecular complexity index is 642. The zero-order valence-corrected chi connectivity index (χ0v) is 22.4. The number of benzene rings is 1. The maximum absolute atomic E-state index is 12.1. The Morgan fingerprint density at radius 2 is 1.65 bits per heavy atom. The molecule has 0 aliphatic heterocycles. The summed E-state index contributed by atoms with van der Waals surface area (Å²) in [5.41, 5.74) is 1.36. The van der Waals surface area contributed by atoms with Crippen LogP contribution in [-0.2, 0) is 11.3 Å². The van der Waals surface area contributed by atoms with Crippen molar-refractivity contribution in [3.63, 3.8) is 0 Å². The molecule has 0 saturated carbocycles. The van der Waals surface area contributed by atoms with Gasteiger partial charge in [0.25, 0.3) is 0 Å². The summed E-state index contributed by atoms with van der Waals surface area (Å²) in [6.07, 6.45) is 19.4. The summed E-state index contributed by atoms with van der Waals surface area (Å²) >= 11 is 0. The van der Waals surface area contributed by atoms with Crippen LogP contribution in [0.2, 0.25) is 0 Å². The monoisotopic (exact) mass is 473 g/mol. The number of nitrogens with one attached hydrogen (secondary N) is 1. The van der Waals surface area contributed by atoms with Gasteiger partial charge in [-0.3, -0.25) is 4.79 Å². The molecule has 34 heavy (non-hydrogen) atoms. The Kier molecular flexibility index (Phi) is 17.5. The van der Waals surface area contributed by atoms with Crippen LogP contribution in [0.1, 0.15) is 102 Å². The lowest BCUT2D eigenvalue weighted by atomic mass is 10.1. The molecule has 4 heteroatoms. The van der Waals surface area contributed by atoms with Crippen molar-refractivity contribution in [3.05, 3.63) is 48.0 Å². The standard InChI is InChI=1S/C30H52N2O2/c1-4-5-6-16-22-29(33)23-17-11-9-7-8-10-12-18-24-30(34)31-25-19-26-32(2,3)27-28-20-14-13-15-21-28/h11,13-15,17,20-21,29,33H,4-10,12,16,18-19,22-27H2,1-3H3/p+1/b17-11+. The lowest BCUT2D eigenvalue weighted by molar-refractivity contribution is -0.903. The van der Waals surface area contributed by atoms with E-state index in [2.05, 4.69) is 68.8 Å². The number of nitrogens with zero attached hydrogens (tertiary/aromatic N) is 1. The van der Waals surface area contributed by atoms with E-state index in [9.17, 15) is 9.90 Å². The molecule has 0 saturated heterocycles. The Morgan fingerprint density at radius 3 is 2.41 bits per heavy atom. The Hall–Kier alpha value is -1.65. The van der Waals surface area contributed by atoms with Gasteiger partial charge >= 0.3 is 0 Å². The number of rotatable bonds is 21. The molecular formula is C30H53N2O2+. The second kappa shape index (κ2) is 19.6. The molecule has 1 aromatic rings. The average molecular weight is 474 g/mol. The lowest BCUT2D eigenvalue weighted by Gasteiger charge is -2.30. The summed E-state index contributed by atoms with van der Waals surface area (Å²) in [6.45, 7) is 5.06. The maximum Gasteiger partial charge on any atom is 0.219 e. The second-order valence-electron chi connectivity index (χ2n) is 10.5. The molecule has 0 radical (unpaired) electrons. The van der Waals surface area contributed by atoms with Crippen molar-refractivity contribution >= 4 is 5.91 Å². The van der Waals surface area contributed by atoms with Crippen LogP contribution in [0.15, 0.2) is 42.5 Å². The third-order valence-electron chi connectivity index (χ3n) is 6.46. The molecule has 1 unspecified atom stereocenters. The zero-order chi connectivity index (χ0) is 24.9. The topological polar surface area (TPSA) is 49.3 Å². The van der Waals surface area contributed by atoms with Crippen molar-refractivity contribution in [2.45, 2.75) is 109 Å². The number of carbonyl (C=O) groups is 1. The Balaban J connectivity index is 1.92. The molecule has 0 spiro atoms. The number of carbonyl (C=O) groups excluding carboxylic acids is 1. The van der Waals surface area contributed by atoms with E-state index in [1.807, 2.05) is 0 Å². The van der Waals surface area contributed by atoms with Crippen molar-refractivity contribution in [2.24, 2.45) is 0 Å². The Morgan fingerprint density at radius 1 is 0.941 bits per heavy atom. The number of aliphatic hydroxyl groups is 1. The van der Waals surface area contributed by atoms with Gasteiger partial charge in [-0.1, -0.05) is 94.4 Å². The van der Waals surface area contributed by atoms with Crippen LogP contribution >= 0.6 is 0 Å². The van der Waals surface area contributed by atoms with Gasteiger partial charge in [-0.2, -0.15) is 0 Å². The van der Waals surface area contributed by atoms with E-state index >= 15 is 0 Å². The molecule has 2 N–H and O–H groups in total. The van der Waals surface area contributed by atoms with Gasteiger partial charge in [0.2, 0.25) is 5.91 Å². The summed E-state index contributed by atoms with van der Waals surface area (Å²) in [7, 11) is 4.51. The van der Waals surface area contributed by atoms with Crippen molar-refractivity contribution in [1.82, 2.24) is 5.32 Å². The molecule has 4 nitrogen and oxygen atoms in total.